The Morgan fingerprint density at radius 1 is 1.03 bits per heavy atom. The monoisotopic (exact) mass is 464 g/mol. The third-order valence-corrected chi connectivity index (χ3v) is 7.77. The number of anilines is 1. The zero-order valence-electron chi connectivity index (χ0n) is 19.7. The highest BCUT2D eigenvalue weighted by Crippen LogP contribution is 2.34. The minimum absolute atomic E-state index is 0.686. The number of benzene rings is 1. The molecule has 0 unspecified atom stereocenters. The zero-order valence-corrected chi connectivity index (χ0v) is 20.5. The molecule has 0 amide bonds. The molecule has 0 radical (unpaired) electrons. The lowest BCUT2D eigenvalue weighted by Gasteiger charge is -2.33. The SMILES string of the molecule is COc1ccc(Oc2nc(N3CCC(C)CC3)nc3c2CN(Cc2sccc2C)CC3)cc1. The van der Waals surface area contributed by atoms with Crippen LogP contribution in [0.5, 0.6) is 17.4 Å². The van der Waals surface area contributed by atoms with Crippen molar-refractivity contribution in [3.05, 3.63) is 57.4 Å². The first-order valence-electron chi connectivity index (χ1n) is 11.8. The summed E-state index contributed by atoms with van der Waals surface area (Å²) < 4.78 is 11.7. The highest BCUT2D eigenvalue weighted by molar-refractivity contribution is 7.10. The molecule has 6 nitrogen and oxygen atoms in total. The van der Waals surface area contributed by atoms with Gasteiger partial charge in [-0.15, -0.1) is 11.3 Å². The Morgan fingerprint density at radius 3 is 2.48 bits per heavy atom. The fraction of sp³-hybridized carbons (Fsp3) is 0.462. The van der Waals surface area contributed by atoms with Crippen molar-refractivity contribution < 1.29 is 9.47 Å². The van der Waals surface area contributed by atoms with E-state index < -0.39 is 0 Å². The molecule has 0 aliphatic carbocycles. The van der Waals surface area contributed by atoms with E-state index >= 15 is 0 Å². The highest BCUT2D eigenvalue weighted by atomic mass is 32.1. The predicted molar refractivity (Wildman–Crippen MR) is 133 cm³/mol. The molecule has 3 aromatic rings. The second-order valence-electron chi connectivity index (χ2n) is 9.19. The number of aryl methyl sites for hydroxylation is 1. The Morgan fingerprint density at radius 2 is 1.79 bits per heavy atom. The molecule has 0 saturated carbocycles. The van der Waals surface area contributed by atoms with Crippen LogP contribution in [0.1, 0.15) is 41.5 Å². The van der Waals surface area contributed by atoms with Crippen LogP contribution in [-0.4, -0.2) is 41.6 Å². The van der Waals surface area contributed by atoms with Crippen LogP contribution in [0.3, 0.4) is 0 Å². The molecular formula is C26H32N4O2S. The Bertz CT molecular complexity index is 1090. The molecule has 2 aromatic heterocycles. The van der Waals surface area contributed by atoms with Gasteiger partial charge in [-0.3, -0.25) is 4.90 Å². The predicted octanol–water partition coefficient (Wildman–Crippen LogP) is 5.44. The lowest BCUT2D eigenvalue weighted by Crippen LogP contribution is -2.36. The minimum atomic E-state index is 0.686. The molecule has 1 aromatic carbocycles. The van der Waals surface area contributed by atoms with Crippen LogP contribution in [0, 0.1) is 12.8 Å². The molecule has 1 saturated heterocycles. The summed E-state index contributed by atoms with van der Waals surface area (Å²) in [5, 5.41) is 2.18. The van der Waals surface area contributed by atoms with Crippen LogP contribution in [0.25, 0.3) is 0 Å². The number of fused-ring (bicyclic) bond motifs is 1. The van der Waals surface area contributed by atoms with Crippen LogP contribution < -0.4 is 14.4 Å². The molecular weight excluding hydrogens is 432 g/mol. The zero-order chi connectivity index (χ0) is 22.8. The van der Waals surface area contributed by atoms with Crippen molar-refractivity contribution in [2.45, 2.75) is 46.2 Å². The van der Waals surface area contributed by atoms with Crippen LogP contribution in [-0.2, 0) is 19.5 Å². The first kappa shape index (κ1) is 22.2. The third-order valence-electron chi connectivity index (χ3n) is 6.77. The summed E-state index contributed by atoms with van der Waals surface area (Å²) in [4.78, 5) is 16.2. The minimum Gasteiger partial charge on any atom is -0.497 e. The summed E-state index contributed by atoms with van der Waals surface area (Å²) >= 11 is 1.83. The van der Waals surface area contributed by atoms with Gasteiger partial charge in [-0.1, -0.05) is 6.92 Å². The number of hydrogen-bond donors (Lipinski definition) is 0. The molecule has 2 aliphatic heterocycles. The standard InChI is InChI=1S/C26H32N4O2S/c1-18-8-13-30(14-9-18)26-27-23-10-12-29(17-24-19(2)11-15-33-24)16-22(23)25(28-26)32-21-6-4-20(31-3)5-7-21/h4-7,11,15,18H,8-10,12-14,16-17H2,1-3H3. The molecule has 7 heteroatoms. The lowest BCUT2D eigenvalue weighted by molar-refractivity contribution is 0.239. The van der Waals surface area contributed by atoms with Crippen molar-refractivity contribution >= 4 is 17.3 Å². The normalized spacial score (nSPS) is 17.1. The number of hydrogen-bond acceptors (Lipinski definition) is 7. The molecule has 2 aliphatic rings. The van der Waals surface area contributed by atoms with Crippen molar-refractivity contribution in [2.75, 3.05) is 31.6 Å². The molecule has 0 bridgehead atoms. The second kappa shape index (κ2) is 9.69. The van der Waals surface area contributed by atoms with Gasteiger partial charge in [0, 0.05) is 44.0 Å². The van der Waals surface area contributed by atoms with Crippen molar-refractivity contribution in [3.63, 3.8) is 0 Å². The molecule has 5 rings (SSSR count). The number of piperidine rings is 1. The van der Waals surface area contributed by atoms with Gasteiger partial charge in [-0.2, -0.15) is 4.98 Å². The van der Waals surface area contributed by atoms with Gasteiger partial charge in [0.1, 0.15) is 11.5 Å². The first-order valence-corrected chi connectivity index (χ1v) is 12.7. The summed E-state index contributed by atoms with van der Waals surface area (Å²) in [6, 6.07) is 9.91. The number of nitrogens with zero attached hydrogens (tertiary/aromatic N) is 4. The molecule has 0 spiro atoms. The maximum atomic E-state index is 6.38. The lowest BCUT2D eigenvalue weighted by atomic mass is 9.99. The van der Waals surface area contributed by atoms with Crippen LogP contribution in [0.4, 0.5) is 5.95 Å². The molecule has 4 heterocycles. The van der Waals surface area contributed by atoms with Gasteiger partial charge in [-0.05, 0) is 67.0 Å². The number of rotatable bonds is 6. The molecule has 33 heavy (non-hydrogen) atoms. The maximum absolute atomic E-state index is 6.38. The van der Waals surface area contributed by atoms with Crippen LogP contribution in [0.2, 0.25) is 0 Å². The number of thiophene rings is 1. The van der Waals surface area contributed by atoms with Crippen LogP contribution in [0.15, 0.2) is 35.7 Å². The van der Waals surface area contributed by atoms with Gasteiger partial charge in [0.05, 0.1) is 18.4 Å². The van der Waals surface area contributed by atoms with Crippen molar-refractivity contribution in [1.82, 2.24) is 14.9 Å². The summed E-state index contributed by atoms with van der Waals surface area (Å²) in [7, 11) is 1.67. The van der Waals surface area contributed by atoms with E-state index in [0.29, 0.717) is 5.88 Å². The Kier molecular flexibility index (Phi) is 6.51. The topological polar surface area (TPSA) is 50.7 Å². The van der Waals surface area contributed by atoms with E-state index in [1.165, 1.54) is 23.3 Å². The summed E-state index contributed by atoms with van der Waals surface area (Å²) in [5.41, 5.74) is 3.60. The van der Waals surface area contributed by atoms with Gasteiger partial charge in [0.2, 0.25) is 11.8 Å². The van der Waals surface area contributed by atoms with Gasteiger partial charge < -0.3 is 14.4 Å². The third kappa shape index (κ3) is 4.99. The van der Waals surface area contributed by atoms with Crippen molar-refractivity contribution in [2.24, 2.45) is 5.92 Å². The Labute approximate surface area is 200 Å². The average Bonchev–Trinajstić information content (AvgIpc) is 3.24. The largest absolute Gasteiger partial charge is 0.497 e. The summed E-state index contributed by atoms with van der Waals surface area (Å²) in [6.45, 7) is 9.29. The van der Waals surface area contributed by atoms with E-state index in [1.54, 1.807) is 7.11 Å². The van der Waals surface area contributed by atoms with E-state index in [0.717, 1.165) is 73.8 Å². The van der Waals surface area contributed by atoms with E-state index in [1.807, 2.05) is 35.6 Å². The Hall–Kier alpha value is -2.64. The number of aromatic nitrogens is 2. The Balaban J connectivity index is 1.44. The molecule has 174 valence electrons. The number of methoxy groups -OCH3 is 1. The van der Waals surface area contributed by atoms with Crippen LogP contribution >= 0.6 is 11.3 Å². The van der Waals surface area contributed by atoms with Gasteiger partial charge in [0.25, 0.3) is 0 Å². The smallest absolute Gasteiger partial charge is 0.228 e. The molecule has 0 atom stereocenters. The van der Waals surface area contributed by atoms with Gasteiger partial charge in [-0.25, -0.2) is 4.98 Å². The maximum Gasteiger partial charge on any atom is 0.228 e. The van der Waals surface area contributed by atoms with Crippen molar-refractivity contribution in [1.29, 1.82) is 0 Å². The summed E-state index contributed by atoms with van der Waals surface area (Å²) in [5.74, 6) is 3.84. The average molecular weight is 465 g/mol. The van der Waals surface area contributed by atoms with E-state index in [4.69, 9.17) is 19.4 Å². The van der Waals surface area contributed by atoms with Crippen molar-refractivity contribution in [3.8, 4) is 17.4 Å². The first-order chi connectivity index (χ1) is 16.1. The second-order valence-corrected chi connectivity index (χ2v) is 10.2. The van der Waals surface area contributed by atoms with E-state index in [2.05, 4.69) is 35.1 Å². The fourth-order valence-corrected chi connectivity index (χ4v) is 5.47. The quantitative estimate of drug-likeness (QED) is 0.484. The molecule has 1 fully saturated rings. The van der Waals surface area contributed by atoms with Gasteiger partial charge in [0.15, 0.2) is 0 Å². The van der Waals surface area contributed by atoms with E-state index in [9.17, 15) is 0 Å². The highest BCUT2D eigenvalue weighted by Gasteiger charge is 2.27. The fourth-order valence-electron chi connectivity index (χ4n) is 4.52. The number of ether oxygens (including phenoxy) is 2. The summed E-state index contributed by atoms with van der Waals surface area (Å²) in [6.07, 6.45) is 3.28. The molecule has 0 N–H and O–H groups in total. The van der Waals surface area contributed by atoms with E-state index in [-0.39, 0.29) is 0 Å². The van der Waals surface area contributed by atoms with Gasteiger partial charge >= 0.3 is 0 Å².